The van der Waals surface area contributed by atoms with E-state index in [9.17, 15) is 5.11 Å². The molecule has 0 saturated carbocycles. The van der Waals surface area contributed by atoms with Gasteiger partial charge in [-0.05, 0) is 49.7 Å². The first-order chi connectivity index (χ1) is 9.65. The van der Waals surface area contributed by atoms with Gasteiger partial charge in [-0.1, -0.05) is 32.8 Å². The molecule has 1 atom stereocenters. The molecule has 1 unspecified atom stereocenters. The average molecular weight is 275 g/mol. The van der Waals surface area contributed by atoms with E-state index in [1.165, 1.54) is 44.2 Å². The first-order valence-electron chi connectivity index (χ1n) is 8.19. The maximum atomic E-state index is 9.64. The molecule has 2 nitrogen and oxygen atoms in total. The molecule has 1 aromatic carbocycles. The molecule has 2 heteroatoms. The van der Waals surface area contributed by atoms with Crippen molar-refractivity contribution in [3.05, 3.63) is 24.3 Å². The average Bonchev–Trinajstić information content (AvgIpc) is 2.50. The summed E-state index contributed by atoms with van der Waals surface area (Å²) >= 11 is 0. The summed E-state index contributed by atoms with van der Waals surface area (Å²) in [5.74, 6) is 2.11. The molecule has 1 saturated heterocycles. The van der Waals surface area contributed by atoms with E-state index in [4.69, 9.17) is 0 Å². The van der Waals surface area contributed by atoms with Crippen molar-refractivity contribution in [3.63, 3.8) is 0 Å². The first kappa shape index (κ1) is 15.2. The van der Waals surface area contributed by atoms with Crippen LogP contribution in [0.25, 0.3) is 0 Å². The van der Waals surface area contributed by atoms with Crippen molar-refractivity contribution in [2.75, 3.05) is 18.0 Å². The molecule has 112 valence electrons. The second kappa shape index (κ2) is 7.56. The lowest BCUT2D eigenvalue weighted by Crippen LogP contribution is -2.25. The summed E-state index contributed by atoms with van der Waals surface area (Å²) in [4.78, 5) is 2.44. The fourth-order valence-corrected chi connectivity index (χ4v) is 3.41. The van der Waals surface area contributed by atoms with Crippen LogP contribution in [0.1, 0.15) is 52.4 Å². The van der Waals surface area contributed by atoms with E-state index < -0.39 is 0 Å². The fraction of sp³-hybridized carbons (Fsp3) is 0.667. The minimum atomic E-state index is 0.375. The van der Waals surface area contributed by atoms with Crippen molar-refractivity contribution in [3.8, 4) is 5.75 Å². The minimum absolute atomic E-state index is 0.375. The van der Waals surface area contributed by atoms with Gasteiger partial charge in [-0.15, -0.1) is 0 Å². The van der Waals surface area contributed by atoms with Crippen molar-refractivity contribution in [2.45, 2.75) is 52.4 Å². The lowest BCUT2D eigenvalue weighted by molar-refractivity contribution is 0.354. The Labute approximate surface area is 123 Å². The monoisotopic (exact) mass is 275 g/mol. The summed E-state index contributed by atoms with van der Waals surface area (Å²) in [5, 5.41) is 9.64. The molecule has 0 amide bonds. The van der Waals surface area contributed by atoms with Gasteiger partial charge in [0.2, 0.25) is 0 Å². The summed E-state index contributed by atoms with van der Waals surface area (Å²) in [6.07, 6.45) is 8.01. The van der Waals surface area contributed by atoms with Crippen molar-refractivity contribution in [1.82, 2.24) is 0 Å². The Hall–Kier alpha value is -1.18. The predicted octanol–water partition coefficient (Wildman–Crippen LogP) is 4.83. The summed E-state index contributed by atoms with van der Waals surface area (Å²) in [7, 11) is 0. The SMILES string of the molecule is CC(C)CC1CCCCN(c2cccc(O)c2)CCC1. The van der Waals surface area contributed by atoms with E-state index in [2.05, 4.69) is 24.8 Å². The zero-order valence-electron chi connectivity index (χ0n) is 13.0. The van der Waals surface area contributed by atoms with Crippen LogP contribution < -0.4 is 4.90 Å². The van der Waals surface area contributed by atoms with Crippen LogP contribution in [-0.2, 0) is 0 Å². The molecule has 0 aliphatic carbocycles. The lowest BCUT2D eigenvalue weighted by atomic mass is 9.89. The molecule has 0 spiro atoms. The van der Waals surface area contributed by atoms with Crippen molar-refractivity contribution in [2.24, 2.45) is 11.8 Å². The Morgan fingerprint density at radius 3 is 2.65 bits per heavy atom. The topological polar surface area (TPSA) is 23.5 Å². The Balaban J connectivity index is 1.94. The number of anilines is 1. The summed E-state index contributed by atoms with van der Waals surface area (Å²) in [5.41, 5.74) is 1.17. The molecule has 1 fully saturated rings. The smallest absolute Gasteiger partial charge is 0.117 e. The Morgan fingerprint density at radius 1 is 1.15 bits per heavy atom. The van der Waals surface area contributed by atoms with Gasteiger partial charge in [0.15, 0.2) is 0 Å². The van der Waals surface area contributed by atoms with Gasteiger partial charge in [0.05, 0.1) is 0 Å². The van der Waals surface area contributed by atoms with Crippen LogP contribution in [0.4, 0.5) is 5.69 Å². The highest BCUT2D eigenvalue weighted by atomic mass is 16.3. The van der Waals surface area contributed by atoms with Crippen LogP contribution in [0.3, 0.4) is 0 Å². The van der Waals surface area contributed by atoms with Crippen LogP contribution in [0.2, 0.25) is 0 Å². The maximum absolute atomic E-state index is 9.64. The van der Waals surface area contributed by atoms with Gasteiger partial charge >= 0.3 is 0 Å². The second-order valence-electron chi connectivity index (χ2n) is 6.64. The zero-order chi connectivity index (χ0) is 14.4. The molecule has 1 aliphatic rings. The second-order valence-corrected chi connectivity index (χ2v) is 6.64. The molecule has 0 aromatic heterocycles. The number of aromatic hydroxyl groups is 1. The highest BCUT2D eigenvalue weighted by Crippen LogP contribution is 2.27. The molecule has 0 radical (unpaired) electrons. The molecule has 2 rings (SSSR count). The van der Waals surface area contributed by atoms with Gasteiger partial charge < -0.3 is 10.0 Å². The Kier molecular flexibility index (Phi) is 5.75. The van der Waals surface area contributed by atoms with Crippen LogP contribution in [0.5, 0.6) is 5.75 Å². The van der Waals surface area contributed by atoms with E-state index in [-0.39, 0.29) is 0 Å². The third-order valence-electron chi connectivity index (χ3n) is 4.33. The van der Waals surface area contributed by atoms with Gasteiger partial charge in [0, 0.05) is 24.8 Å². The van der Waals surface area contributed by atoms with E-state index >= 15 is 0 Å². The van der Waals surface area contributed by atoms with Gasteiger partial charge in [0.25, 0.3) is 0 Å². The van der Waals surface area contributed by atoms with E-state index in [1.807, 2.05) is 12.1 Å². The third-order valence-corrected chi connectivity index (χ3v) is 4.33. The number of hydrogen-bond acceptors (Lipinski definition) is 2. The van der Waals surface area contributed by atoms with Gasteiger partial charge in [-0.3, -0.25) is 0 Å². The van der Waals surface area contributed by atoms with Crippen LogP contribution in [-0.4, -0.2) is 18.2 Å². The van der Waals surface area contributed by atoms with Crippen LogP contribution >= 0.6 is 0 Å². The summed E-state index contributed by atoms with van der Waals surface area (Å²) in [6.45, 7) is 6.92. The standard InChI is InChI=1S/C18H29NO/c1-15(2)13-16-7-3-4-11-19(12-6-8-16)17-9-5-10-18(20)14-17/h5,9-10,14-16,20H,3-4,6-8,11-13H2,1-2H3. The normalized spacial score (nSPS) is 21.4. The molecular weight excluding hydrogens is 246 g/mol. The lowest BCUT2D eigenvalue weighted by Gasteiger charge is -2.24. The number of phenols is 1. The summed E-state index contributed by atoms with van der Waals surface area (Å²) in [6, 6.07) is 7.70. The number of nitrogens with zero attached hydrogens (tertiary/aromatic N) is 1. The Morgan fingerprint density at radius 2 is 1.90 bits per heavy atom. The maximum Gasteiger partial charge on any atom is 0.117 e. The highest BCUT2D eigenvalue weighted by molar-refractivity contribution is 5.50. The highest BCUT2D eigenvalue weighted by Gasteiger charge is 2.15. The molecule has 1 heterocycles. The molecular formula is C18H29NO. The van der Waals surface area contributed by atoms with Crippen molar-refractivity contribution >= 4 is 5.69 Å². The van der Waals surface area contributed by atoms with Crippen LogP contribution in [0, 0.1) is 11.8 Å². The minimum Gasteiger partial charge on any atom is -0.508 e. The summed E-state index contributed by atoms with van der Waals surface area (Å²) < 4.78 is 0. The molecule has 1 aromatic rings. The quantitative estimate of drug-likeness (QED) is 0.854. The van der Waals surface area contributed by atoms with Gasteiger partial charge in [0.1, 0.15) is 5.75 Å². The number of hydrogen-bond donors (Lipinski definition) is 1. The van der Waals surface area contributed by atoms with Crippen molar-refractivity contribution in [1.29, 1.82) is 0 Å². The van der Waals surface area contributed by atoms with E-state index in [1.54, 1.807) is 6.07 Å². The van der Waals surface area contributed by atoms with Crippen molar-refractivity contribution < 1.29 is 5.11 Å². The predicted molar refractivity (Wildman–Crippen MR) is 86.3 cm³/mol. The fourth-order valence-electron chi connectivity index (χ4n) is 3.41. The van der Waals surface area contributed by atoms with E-state index in [0.29, 0.717) is 5.75 Å². The first-order valence-corrected chi connectivity index (χ1v) is 8.19. The molecule has 1 N–H and O–H groups in total. The number of phenolic OH excluding ortho intramolecular Hbond substituents is 1. The number of benzene rings is 1. The largest absolute Gasteiger partial charge is 0.508 e. The van der Waals surface area contributed by atoms with Gasteiger partial charge in [-0.25, -0.2) is 0 Å². The molecule has 1 aliphatic heterocycles. The molecule has 0 bridgehead atoms. The Bertz CT molecular complexity index is 402. The third kappa shape index (κ3) is 4.73. The van der Waals surface area contributed by atoms with Gasteiger partial charge in [-0.2, -0.15) is 0 Å². The van der Waals surface area contributed by atoms with Crippen LogP contribution in [0.15, 0.2) is 24.3 Å². The number of rotatable bonds is 3. The molecule has 20 heavy (non-hydrogen) atoms. The zero-order valence-corrected chi connectivity index (χ0v) is 13.0. The van der Waals surface area contributed by atoms with E-state index in [0.717, 1.165) is 24.9 Å².